The number of benzene rings is 1. The number of nitrogens with one attached hydrogen (secondary N) is 2. The Kier molecular flexibility index (Phi) is 6.14. The van der Waals surface area contributed by atoms with E-state index in [4.69, 9.17) is 10.00 Å². The number of hydrogen-bond acceptors (Lipinski definition) is 7. The molecule has 11 heteroatoms. The molecule has 3 aromatic rings. The third-order valence-electron chi connectivity index (χ3n) is 5.48. The van der Waals surface area contributed by atoms with Crippen LogP contribution in [0.2, 0.25) is 0 Å². The average molecular weight is 465 g/mol. The second-order valence-electron chi connectivity index (χ2n) is 7.64. The van der Waals surface area contributed by atoms with Crippen molar-refractivity contribution in [3.8, 4) is 17.6 Å². The zero-order chi connectivity index (χ0) is 24.4. The van der Waals surface area contributed by atoms with Gasteiger partial charge in [0.25, 0.3) is 17.4 Å². The molecule has 0 spiro atoms. The Morgan fingerprint density at radius 1 is 1.35 bits per heavy atom. The second-order valence-corrected chi connectivity index (χ2v) is 7.64. The molecule has 10 nitrogen and oxygen atoms in total. The fourth-order valence-corrected chi connectivity index (χ4v) is 3.82. The summed E-state index contributed by atoms with van der Waals surface area (Å²) in [6, 6.07) is 7.66. The van der Waals surface area contributed by atoms with Gasteiger partial charge in [0, 0.05) is 31.8 Å². The summed E-state index contributed by atoms with van der Waals surface area (Å²) in [6.45, 7) is -0.214. The summed E-state index contributed by atoms with van der Waals surface area (Å²) in [5, 5.41) is 24.4. The molecule has 2 aromatic heterocycles. The molecule has 1 aliphatic rings. The highest BCUT2D eigenvalue weighted by atomic mass is 19.1. The number of likely N-dealkylation sites (N-methyl/N-ethyl adjacent to an activating group) is 1. The van der Waals surface area contributed by atoms with Gasteiger partial charge in [0.15, 0.2) is 17.6 Å². The summed E-state index contributed by atoms with van der Waals surface area (Å²) in [5.41, 5.74) is -0.0111. The van der Waals surface area contributed by atoms with Gasteiger partial charge in [-0.1, -0.05) is 12.1 Å². The van der Waals surface area contributed by atoms with E-state index < -0.39 is 40.6 Å². The summed E-state index contributed by atoms with van der Waals surface area (Å²) in [4.78, 5) is 42.6. The van der Waals surface area contributed by atoms with Crippen LogP contribution in [0.15, 0.2) is 35.3 Å². The first-order valence-corrected chi connectivity index (χ1v) is 10.4. The molecular formula is C23H20FN5O5. The van der Waals surface area contributed by atoms with Crippen LogP contribution in [0.3, 0.4) is 0 Å². The lowest BCUT2D eigenvalue weighted by atomic mass is 10.0. The van der Waals surface area contributed by atoms with Crippen LogP contribution in [0.1, 0.15) is 27.9 Å². The SMILES string of the molecule is CNC(=O)C1Cn2c(=O)c(C(=O)NCCC#N)c(O)c3ncc(Cc4ccc(F)cc4)c(c32)O1. The van der Waals surface area contributed by atoms with Crippen LogP contribution in [-0.2, 0) is 17.8 Å². The molecule has 174 valence electrons. The summed E-state index contributed by atoms with van der Waals surface area (Å²) in [6.07, 6.45) is 0.617. The van der Waals surface area contributed by atoms with E-state index in [2.05, 4.69) is 15.6 Å². The number of nitrogens with zero attached hydrogens (tertiary/aromatic N) is 3. The average Bonchev–Trinajstić information content (AvgIpc) is 2.84. The van der Waals surface area contributed by atoms with Gasteiger partial charge in [-0.3, -0.25) is 23.9 Å². The quantitative estimate of drug-likeness (QED) is 0.460. The van der Waals surface area contributed by atoms with Gasteiger partial charge in [-0.05, 0) is 17.7 Å². The Hall–Kier alpha value is -4.46. The van der Waals surface area contributed by atoms with Crippen molar-refractivity contribution in [1.82, 2.24) is 20.2 Å². The molecule has 1 aromatic carbocycles. The molecule has 0 fully saturated rings. The molecule has 34 heavy (non-hydrogen) atoms. The van der Waals surface area contributed by atoms with Gasteiger partial charge in [0.2, 0.25) is 0 Å². The van der Waals surface area contributed by atoms with Crippen molar-refractivity contribution in [2.24, 2.45) is 0 Å². The maximum atomic E-state index is 13.3. The smallest absolute Gasteiger partial charge is 0.268 e. The normalized spacial score (nSPS) is 14.2. The minimum atomic E-state index is -1.08. The lowest BCUT2D eigenvalue weighted by Crippen LogP contribution is -2.45. The van der Waals surface area contributed by atoms with Crippen molar-refractivity contribution in [3.05, 3.63) is 63.3 Å². The van der Waals surface area contributed by atoms with Crippen molar-refractivity contribution in [2.45, 2.75) is 25.5 Å². The van der Waals surface area contributed by atoms with Gasteiger partial charge in [-0.25, -0.2) is 4.39 Å². The topological polar surface area (TPSA) is 146 Å². The molecule has 1 atom stereocenters. The fraction of sp³-hybridized carbons (Fsp3) is 0.261. The van der Waals surface area contributed by atoms with Crippen LogP contribution in [0, 0.1) is 17.1 Å². The van der Waals surface area contributed by atoms with Crippen LogP contribution in [0.4, 0.5) is 4.39 Å². The maximum absolute atomic E-state index is 13.3. The molecule has 0 saturated heterocycles. The van der Waals surface area contributed by atoms with Gasteiger partial charge < -0.3 is 20.5 Å². The van der Waals surface area contributed by atoms with Gasteiger partial charge in [0.1, 0.15) is 22.4 Å². The summed E-state index contributed by atoms with van der Waals surface area (Å²) < 4.78 is 20.4. The number of aromatic nitrogens is 2. The number of amides is 2. The number of aromatic hydroxyl groups is 1. The third-order valence-corrected chi connectivity index (χ3v) is 5.48. The molecule has 0 radical (unpaired) electrons. The van der Waals surface area contributed by atoms with Gasteiger partial charge >= 0.3 is 0 Å². The molecule has 4 rings (SSSR count). The lowest BCUT2D eigenvalue weighted by Gasteiger charge is -2.28. The van der Waals surface area contributed by atoms with Crippen LogP contribution >= 0.6 is 0 Å². The Morgan fingerprint density at radius 3 is 2.76 bits per heavy atom. The van der Waals surface area contributed by atoms with E-state index in [0.29, 0.717) is 5.56 Å². The first-order chi connectivity index (χ1) is 16.3. The Morgan fingerprint density at radius 2 is 2.09 bits per heavy atom. The monoisotopic (exact) mass is 465 g/mol. The highest BCUT2D eigenvalue weighted by molar-refractivity contribution is 6.02. The molecule has 0 aliphatic carbocycles. The second kappa shape index (κ2) is 9.19. The first-order valence-electron chi connectivity index (χ1n) is 10.4. The number of nitriles is 1. The van der Waals surface area contributed by atoms with E-state index in [-0.39, 0.29) is 42.7 Å². The number of hydrogen-bond donors (Lipinski definition) is 3. The number of carbonyl (C=O) groups excluding carboxylic acids is 2. The van der Waals surface area contributed by atoms with Crippen molar-refractivity contribution < 1.29 is 23.8 Å². The zero-order valence-electron chi connectivity index (χ0n) is 18.1. The Labute approximate surface area is 192 Å². The number of halogens is 1. The molecular weight excluding hydrogens is 445 g/mol. The minimum absolute atomic E-state index is 0.00842. The predicted molar refractivity (Wildman–Crippen MR) is 118 cm³/mol. The standard InChI is InChI=1S/C23H20FN5O5/c1-26-21(31)15-11-29-18-17(19(30)16(23(29)33)22(32)27-8-2-7-25)28-10-13(20(18)34-15)9-12-3-5-14(24)6-4-12/h3-6,10,15,30H,2,8-9,11H2,1H3,(H,26,31)(H,27,32). The Bertz CT molecular complexity index is 1390. The fourth-order valence-electron chi connectivity index (χ4n) is 3.82. The summed E-state index contributed by atoms with van der Waals surface area (Å²) in [7, 11) is 1.43. The molecule has 2 amide bonds. The van der Waals surface area contributed by atoms with Crippen molar-refractivity contribution >= 4 is 22.8 Å². The van der Waals surface area contributed by atoms with Crippen molar-refractivity contribution in [2.75, 3.05) is 13.6 Å². The van der Waals surface area contributed by atoms with Gasteiger partial charge in [0.05, 0.1) is 19.0 Å². The Balaban J connectivity index is 1.89. The molecule has 0 bridgehead atoms. The predicted octanol–water partition coefficient (Wildman–Crippen LogP) is 0.982. The first kappa shape index (κ1) is 22.7. The van der Waals surface area contributed by atoms with E-state index in [1.54, 1.807) is 12.1 Å². The lowest BCUT2D eigenvalue weighted by molar-refractivity contribution is -0.128. The number of pyridine rings is 2. The maximum Gasteiger partial charge on any atom is 0.268 e. The summed E-state index contributed by atoms with van der Waals surface area (Å²) in [5.74, 6) is -2.19. The van der Waals surface area contributed by atoms with E-state index in [1.165, 1.54) is 29.9 Å². The van der Waals surface area contributed by atoms with Crippen molar-refractivity contribution in [1.29, 1.82) is 5.26 Å². The molecule has 3 heterocycles. The van der Waals surface area contributed by atoms with Crippen LogP contribution < -0.4 is 20.9 Å². The van der Waals surface area contributed by atoms with E-state index in [0.717, 1.165) is 5.56 Å². The number of carbonyl (C=O) groups is 2. The highest BCUT2D eigenvalue weighted by Crippen LogP contribution is 2.37. The van der Waals surface area contributed by atoms with Gasteiger partial charge in [-0.15, -0.1) is 0 Å². The van der Waals surface area contributed by atoms with E-state index >= 15 is 0 Å². The highest BCUT2D eigenvalue weighted by Gasteiger charge is 2.34. The van der Waals surface area contributed by atoms with Crippen molar-refractivity contribution in [3.63, 3.8) is 0 Å². The van der Waals surface area contributed by atoms with E-state index in [1.807, 2.05) is 6.07 Å². The number of rotatable bonds is 6. The zero-order valence-corrected chi connectivity index (χ0v) is 18.1. The minimum Gasteiger partial charge on any atom is -0.505 e. The molecule has 1 aliphatic heterocycles. The molecule has 3 N–H and O–H groups in total. The van der Waals surface area contributed by atoms with Gasteiger partial charge in [-0.2, -0.15) is 5.26 Å². The van der Waals surface area contributed by atoms with Crippen LogP contribution in [0.5, 0.6) is 11.5 Å². The van der Waals surface area contributed by atoms with Crippen LogP contribution in [0.25, 0.3) is 11.0 Å². The largest absolute Gasteiger partial charge is 0.505 e. The van der Waals surface area contributed by atoms with E-state index in [9.17, 15) is 23.9 Å². The number of ether oxygens (including phenoxy) is 1. The molecule has 1 unspecified atom stereocenters. The molecule has 0 saturated carbocycles. The van der Waals surface area contributed by atoms with Crippen LogP contribution in [-0.4, -0.2) is 46.2 Å². The summed E-state index contributed by atoms with van der Waals surface area (Å²) >= 11 is 0. The third kappa shape index (κ3) is 4.01.